The van der Waals surface area contributed by atoms with E-state index in [9.17, 15) is 0 Å². The molecular formula is C117H78. The first-order valence-corrected chi connectivity index (χ1v) is 40.9. The quantitative estimate of drug-likeness (QED) is 0.120. The molecule has 0 spiro atoms. The molecule has 0 N–H and O–H groups in total. The summed E-state index contributed by atoms with van der Waals surface area (Å²) in [4.78, 5) is 0. The largest absolute Gasteiger partial charge is 0.0622 e. The van der Waals surface area contributed by atoms with Crippen LogP contribution in [0, 0.1) is 0 Å². The summed E-state index contributed by atoms with van der Waals surface area (Å²) in [6, 6.07) is 161. The van der Waals surface area contributed by atoms with E-state index in [0.717, 1.165) is 0 Å². The number of hydrogen-bond donors (Lipinski definition) is 0. The molecule has 0 aliphatic heterocycles. The van der Waals surface area contributed by atoms with E-state index in [4.69, 9.17) is 0 Å². The zero-order valence-electron chi connectivity index (χ0n) is 65.1. The van der Waals surface area contributed by atoms with E-state index in [1.807, 2.05) is 0 Å². The summed E-state index contributed by atoms with van der Waals surface area (Å²) in [6.07, 6.45) is 0. The number of fused-ring (bicyclic) bond motifs is 12. The van der Waals surface area contributed by atoms with Gasteiger partial charge in [0.25, 0.3) is 0 Å². The first-order valence-electron chi connectivity index (χ1n) is 40.9. The molecule has 23 rings (SSSR count). The lowest BCUT2D eigenvalue weighted by Gasteiger charge is -2.23. The first-order chi connectivity index (χ1) is 57.8. The zero-order chi connectivity index (χ0) is 77.7. The van der Waals surface area contributed by atoms with Crippen LogP contribution in [0.1, 0.15) is 25.0 Å². The monoisotopic (exact) mass is 1480 g/mol. The molecule has 0 aromatic heterocycles. The molecular weight excluding hydrogens is 1410 g/mol. The molecule has 546 valence electrons. The minimum absolute atomic E-state index is 0.0943. The Labute approximate surface area is 681 Å². The fraction of sp³-hybridized carbons (Fsp3) is 0.0256. The molecule has 0 heterocycles. The minimum atomic E-state index is -0.0943. The van der Waals surface area contributed by atoms with Crippen molar-refractivity contribution in [2.45, 2.75) is 19.3 Å². The number of hydrogen-bond acceptors (Lipinski definition) is 0. The van der Waals surface area contributed by atoms with Gasteiger partial charge in [0, 0.05) is 5.41 Å². The Bertz CT molecular complexity index is 7590. The van der Waals surface area contributed by atoms with Crippen molar-refractivity contribution in [1.82, 2.24) is 0 Å². The third-order valence-electron chi connectivity index (χ3n) is 25.1. The van der Waals surface area contributed by atoms with Crippen molar-refractivity contribution in [3.8, 4) is 122 Å². The van der Waals surface area contributed by atoms with Gasteiger partial charge in [-0.1, -0.05) is 426 Å². The van der Waals surface area contributed by atoms with Crippen molar-refractivity contribution >= 4 is 97.0 Å². The first kappa shape index (κ1) is 68.9. The van der Waals surface area contributed by atoms with Crippen LogP contribution in [-0.4, -0.2) is 0 Å². The highest BCUT2D eigenvalue weighted by molar-refractivity contribution is 6.26. The van der Waals surface area contributed by atoms with Gasteiger partial charge in [0.05, 0.1) is 0 Å². The molecule has 0 unspecified atom stereocenters. The molecule has 22 aromatic carbocycles. The van der Waals surface area contributed by atoms with E-state index in [1.54, 1.807) is 0 Å². The summed E-state index contributed by atoms with van der Waals surface area (Å²) in [6.45, 7) is 4.75. The fourth-order valence-electron chi connectivity index (χ4n) is 19.7. The summed E-state index contributed by atoms with van der Waals surface area (Å²) in [5.74, 6) is 0. The lowest BCUT2D eigenvalue weighted by molar-refractivity contribution is 0.660. The van der Waals surface area contributed by atoms with Crippen LogP contribution >= 0.6 is 0 Å². The molecule has 1 aliphatic carbocycles. The van der Waals surface area contributed by atoms with Crippen molar-refractivity contribution in [3.63, 3.8) is 0 Å². The summed E-state index contributed by atoms with van der Waals surface area (Å²) in [5, 5.41) is 22.8. The van der Waals surface area contributed by atoms with Gasteiger partial charge in [-0.05, 0) is 255 Å². The normalized spacial score (nSPS) is 12.3. The Morgan fingerprint density at radius 3 is 0.709 bits per heavy atom. The lowest BCUT2D eigenvalue weighted by atomic mass is 9.80. The van der Waals surface area contributed by atoms with Crippen molar-refractivity contribution in [2.24, 2.45) is 0 Å². The molecule has 0 radical (unpaired) electrons. The second-order valence-electron chi connectivity index (χ2n) is 31.9. The summed E-state index contributed by atoms with van der Waals surface area (Å²) >= 11 is 0. The maximum absolute atomic E-state index is 2.48. The van der Waals surface area contributed by atoms with E-state index in [0.29, 0.717) is 0 Å². The van der Waals surface area contributed by atoms with Crippen LogP contribution in [0.3, 0.4) is 0 Å². The SMILES string of the molecule is CC1(C)c2ccccc2-c2ccc(-c3c4ccccc4c(-c4ccccc4)c4ccc(-c5ccc(-c6c7ccccc7c(-c7ccccc7)c7ccccc67)cc5)cc34)cc21.c1ccc(-c2c3ccccc3c(-c3ccc(-c4ccc5c(-c6ccccc6)c6ccccc6c(-c6ccc7ccccc7c6)c5c4)cc3)c3ccccc23)cc1. The maximum Gasteiger partial charge on any atom is 0.0159 e. The molecule has 0 bridgehead atoms. The van der Waals surface area contributed by atoms with Crippen LogP contribution in [0.4, 0.5) is 0 Å². The average Bonchev–Trinajstić information content (AvgIpc) is 1.53. The summed E-state index contributed by atoms with van der Waals surface area (Å²) in [7, 11) is 0. The predicted molar refractivity (Wildman–Crippen MR) is 502 cm³/mol. The lowest BCUT2D eigenvalue weighted by Crippen LogP contribution is -2.14. The Kier molecular flexibility index (Phi) is 16.7. The Hall–Kier alpha value is -14.8. The van der Waals surface area contributed by atoms with Gasteiger partial charge in [0.2, 0.25) is 0 Å². The van der Waals surface area contributed by atoms with Crippen LogP contribution < -0.4 is 0 Å². The highest BCUT2D eigenvalue weighted by atomic mass is 14.4. The van der Waals surface area contributed by atoms with Gasteiger partial charge >= 0.3 is 0 Å². The van der Waals surface area contributed by atoms with Gasteiger partial charge in [-0.3, -0.25) is 0 Å². The third-order valence-corrected chi connectivity index (χ3v) is 25.1. The van der Waals surface area contributed by atoms with Gasteiger partial charge in [0.1, 0.15) is 0 Å². The zero-order valence-corrected chi connectivity index (χ0v) is 65.1. The average molecular weight is 1480 g/mol. The molecule has 0 saturated heterocycles. The van der Waals surface area contributed by atoms with Gasteiger partial charge < -0.3 is 0 Å². The van der Waals surface area contributed by atoms with Gasteiger partial charge in [-0.2, -0.15) is 0 Å². The van der Waals surface area contributed by atoms with Crippen molar-refractivity contribution < 1.29 is 0 Å². The minimum Gasteiger partial charge on any atom is -0.0622 e. The van der Waals surface area contributed by atoms with E-state index < -0.39 is 0 Å². The summed E-state index contributed by atoms with van der Waals surface area (Å²) in [5.41, 5.74) is 30.3. The van der Waals surface area contributed by atoms with Crippen LogP contribution in [0.15, 0.2) is 437 Å². The Balaban J connectivity index is 0.000000142. The smallest absolute Gasteiger partial charge is 0.0159 e. The maximum atomic E-state index is 2.48. The predicted octanol–water partition coefficient (Wildman–Crippen LogP) is 32.7. The Morgan fingerprint density at radius 1 is 0.128 bits per heavy atom. The van der Waals surface area contributed by atoms with E-state index >= 15 is 0 Å². The number of benzene rings is 22. The molecule has 0 atom stereocenters. The summed E-state index contributed by atoms with van der Waals surface area (Å²) < 4.78 is 0. The van der Waals surface area contributed by atoms with Crippen molar-refractivity contribution in [3.05, 3.63) is 448 Å². The van der Waals surface area contributed by atoms with Gasteiger partial charge in [-0.15, -0.1) is 0 Å². The highest BCUT2D eigenvalue weighted by Crippen LogP contribution is 2.54. The van der Waals surface area contributed by atoms with Gasteiger partial charge in [-0.25, -0.2) is 0 Å². The molecule has 22 aromatic rings. The Morgan fingerprint density at radius 2 is 0.359 bits per heavy atom. The second-order valence-corrected chi connectivity index (χ2v) is 31.9. The second kappa shape index (κ2) is 28.4. The topological polar surface area (TPSA) is 0 Å². The highest BCUT2D eigenvalue weighted by Gasteiger charge is 2.36. The molecule has 0 amide bonds. The van der Waals surface area contributed by atoms with Crippen molar-refractivity contribution in [2.75, 3.05) is 0 Å². The van der Waals surface area contributed by atoms with Crippen LogP contribution in [0.2, 0.25) is 0 Å². The molecule has 0 nitrogen and oxygen atoms in total. The van der Waals surface area contributed by atoms with Crippen LogP contribution in [0.25, 0.3) is 219 Å². The van der Waals surface area contributed by atoms with Crippen LogP contribution in [-0.2, 0) is 5.41 Å². The van der Waals surface area contributed by atoms with Crippen LogP contribution in [0.5, 0.6) is 0 Å². The molecule has 0 heteroatoms. The molecule has 0 fully saturated rings. The molecule has 0 saturated carbocycles. The molecule has 117 heavy (non-hydrogen) atoms. The van der Waals surface area contributed by atoms with E-state index in [1.165, 1.54) is 230 Å². The van der Waals surface area contributed by atoms with E-state index in [2.05, 4.69) is 451 Å². The number of rotatable bonds is 10. The molecule has 1 aliphatic rings. The third kappa shape index (κ3) is 11.6. The van der Waals surface area contributed by atoms with E-state index in [-0.39, 0.29) is 5.41 Å². The van der Waals surface area contributed by atoms with Crippen molar-refractivity contribution in [1.29, 1.82) is 0 Å². The standard InChI is InChI=1S/C61H42.C56H36/c1-61(2)55-28-16-15-21-45(55)46-35-34-44(38-56(46)61)60-52-27-14-13-26-51(52)58(41-19-7-4-8-20-41)53-36-33-43(37-54(53)60)39-29-31-42(32-30-39)59-49-24-11-9-22-47(49)57(40-17-5-3-6-18-40)48-23-10-12-25-50(48)59;1-3-16-39(17-4-1)53-45-21-9-11-23-47(45)55(48-24-12-10-22-46(48)53)41-30-27-38(28-31-41)43-33-34-51-52(36-43)56(44-32-29-37-15-7-8-20-42(37)35-44)50-26-14-13-25-49(50)54(51)40-18-5-2-6-19-40/h3-38H,1-2H3;1-36H. The fourth-order valence-corrected chi connectivity index (χ4v) is 19.7. The van der Waals surface area contributed by atoms with Gasteiger partial charge in [0.15, 0.2) is 0 Å².